The van der Waals surface area contributed by atoms with Gasteiger partial charge < -0.3 is 21.1 Å². The average Bonchev–Trinajstić information content (AvgIpc) is 3.05. The van der Waals surface area contributed by atoms with E-state index in [0.29, 0.717) is 30.2 Å². The highest BCUT2D eigenvalue weighted by molar-refractivity contribution is 6.31. The minimum atomic E-state index is -0.529. The van der Waals surface area contributed by atoms with Crippen LogP contribution in [0.5, 0.6) is 0 Å². The zero-order valence-electron chi connectivity index (χ0n) is 14.5. The fraction of sp³-hybridized carbons (Fsp3) is 0.333. The minimum absolute atomic E-state index is 0.0400. The lowest BCUT2D eigenvalue weighted by molar-refractivity contribution is 0.0501. The van der Waals surface area contributed by atoms with Crippen molar-refractivity contribution in [1.29, 1.82) is 0 Å². The first-order valence-corrected chi connectivity index (χ1v) is 9.08. The van der Waals surface area contributed by atoms with Crippen LogP contribution in [0.4, 0.5) is 15.9 Å². The number of piperidine rings is 1. The van der Waals surface area contributed by atoms with Crippen molar-refractivity contribution >= 4 is 34.1 Å². The van der Waals surface area contributed by atoms with Crippen molar-refractivity contribution in [3.63, 3.8) is 0 Å². The SMILES string of the molecule is N[C@H]1CCN(Cc2c[nH]c3ncnc(Nc4ccc(F)c(Cl)c4)c23)C[C@@H]1O. The van der Waals surface area contributed by atoms with Crippen LogP contribution in [-0.4, -0.2) is 50.2 Å². The number of hydrogen-bond acceptors (Lipinski definition) is 6. The lowest BCUT2D eigenvalue weighted by Gasteiger charge is -2.33. The van der Waals surface area contributed by atoms with Gasteiger partial charge in [-0.3, -0.25) is 4.90 Å². The fourth-order valence-corrected chi connectivity index (χ4v) is 3.54. The van der Waals surface area contributed by atoms with E-state index in [0.717, 1.165) is 23.9 Å². The summed E-state index contributed by atoms with van der Waals surface area (Å²) in [4.78, 5) is 13.9. The number of halogens is 2. The number of aromatic amines is 1. The first-order chi connectivity index (χ1) is 13.0. The summed E-state index contributed by atoms with van der Waals surface area (Å²) in [5, 5.41) is 14.1. The number of anilines is 2. The molecule has 9 heteroatoms. The maximum atomic E-state index is 13.4. The summed E-state index contributed by atoms with van der Waals surface area (Å²) in [6.45, 7) is 1.97. The number of β-amino-alcohol motifs (C(OH)–C–C–N with tert-alkyl or cyclic N) is 1. The summed E-state index contributed by atoms with van der Waals surface area (Å²) in [7, 11) is 0. The topological polar surface area (TPSA) is 103 Å². The third-order valence-electron chi connectivity index (χ3n) is 4.85. The Bertz CT molecular complexity index is 964. The molecule has 3 aromatic rings. The van der Waals surface area contributed by atoms with Crippen molar-refractivity contribution in [1.82, 2.24) is 19.9 Å². The molecule has 2 aromatic heterocycles. The van der Waals surface area contributed by atoms with Gasteiger partial charge in [-0.05, 0) is 30.2 Å². The lowest BCUT2D eigenvalue weighted by atomic mass is 10.0. The van der Waals surface area contributed by atoms with E-state index in [1.54, 1.807) is 6.07 Å². The number of fused-ring (bicyclic) bond motifs is 1. The number of hydrogen-bond donors (Lipinski definition) is 4. The fourth-order valence-electron chi connectivity index (χ4n) is 3.36. The number of aliphatic hydroxyl groups excluding tert-OH is 1. The largest absolute Gasteiger partial charge is 0.390 e. The van der Waals surface area contributed by atoms with Crippen LogP contribution >= 0.6 is 11.6 Å². The average molecular weight is 391 g/mol. The molecule has 7 nitrogen and oxygen atoms in total. The highest BCUT2D eigenvalue weighted by Crippen LogP contribution is 2.29. The van der Waals surface area contributed by atoms with Crippen LogP contribution in [-0.2, 0) is 6.54 Å². The van der Waals surface area contributed by atoms with Gasteiger partial charge in [0.2, 0.25) is 0 Å². The summed E-state index contributed by atoms with van der Waals surface area (Å²) in [5.41, 5.74) is 8.22. The second-order valence-corrected chi connectivity index (χ2v) is 7.18. The summed E-state index contributed by atoms with van der Waals surface area (Å²) >= 11 is 5.87. The van der Waals surface area contributed by atoms with E-state index < -0.39 is 11.9 Å². The van der Waals surface area contributed by atoms with Gasteiger partial charge in [0.25, 0.3) is 0 Å². The molecule has 0 amide bonds. The predicted molar refractivity (Wildman–Crippen MR) is 102 cm³/mol. The summed E-state index contributed by atoms with van der Waals surface area (Å²) < 4.78 is 13.4. The number of likely N-dealkylation sites (tertiary alicyclic amines) is 1. The molecule has 4 rings (SSSR count). The molecule has 142 valence electrons. The van der Waals surface area contributed by atoms with Gasteiger partial charge in [-0.1, -0.05) is 11.6 Å². The Morgan fingerprint density at radius 2 is 2.26 bits per heavy atom. The molecule has 5 N–H and O–H groups in total. The quantitative estimate of drug-likeness (QED) is 0.545. The van der Waals surface area contributed by atoms with E-state index in [2.05, 4.69) is 25.2 Å². The highest BCUT2D eigenvalue weighted by atomic mass is 35.5. The van der Waals surface area contributed by atoms with Crippen molar-refractivity contribution in [3.8, 4) is 0 Å². The monoisotopic (exact) mass is 390 g/mol. The molecular weight excluding hydrogens is 371 g/mol. The molecule has 2 atom stereocenters. The molecule has 1 saturated heterocycles. The molecule has 1 aliphatic heterocycles. The Balaban J connectivity index is 1.62. The van der Waals surface area contributed by atoms with Crippen molar-refractivity contribution in [2.75, 3.05) is 18.4 Å². The summed E-state index contributed by atoms with van der Waals surface area (Å²) in [6, 6.07) is 4.25. The van der Waals surface area contributed by atoms with Crippen LogP contribution in [0.2, 0.25) is 5.02 Å². The second-order valence-electron chi connectivity index (χ2n) is 6.77. The van der Waals surface area contributed by atoms with Crippen LogP contribution < -0.4 is 11.1 Å². The molecule has 1 fully saturated rings. The van der Waals surface area contributed by atoms with Crippen LogP contribution in [0, 0.1) is 5.82 Å². The predicted octanol–water partition coefficient (Wildman–Crippen LogP) is 2.39. The van der Waals surface area contributed by atoms with Crippen LogP contribution in [0.25, 0.3) is 11.0 Å². The number of aromatic nitrogens is 3. The number of nitrogens with two attached hydrogens (primary N) is 1. The molecule has 0 spiro atoms. The third-order valence-corrected chi connectivity index (χ3v) is 5.14. The molecule has 0 aliphatic carbocycles. The summed E-state index contributed by atoms with van der Waals surface area (Å²) in [5.74, 6) is 0.132. The molecule has 1 aliphatic rings. The zero-order valence-corrected chi connectivity index (χ0v) is 15.2. The number of nitrogens with zero attached hydrogens (tertiary/aromatic N) is 3. The first-order valence-electron chi connectivity index (χ1n) is 8.70. The van der Waals surface area contributed by atoms with Crippen molar-refractivity contribution in [2.24, 2.45) is 5.73 Å². The molecule has 0 radical (unpaired) electrons. The molecule has 0 saturated carbocycles. The molecule has 3 heterocycles. The van der Waals surface area contributed by atoms with Crippen molar-refractivity contribution < 1.29 is 9.50 Å². The highest BCUT2D eigenvalue weighted by Gasteiger charge is 2.25. The lowest BCUT2D eigenvalue weighted by Crippen LogP contribution is -2.50. The molecule has 1 aromatic carbocycles. The minimum Gasteiger partial charge on any atom is -0.390 e. The molecule has 0 bridgehead atoms. The smallest absolute Gasteiger partial charge is 0.143 e. The van der Waals surface area contributed by atoms with E-state index in [4.69, 9.17) is 17.3 Å². The molecule has 0 unspecified atom stereocenters. The standard InChI is InChI=1S/C18H20ClFN6O/c19-12-5-11(1-2-13(12)20)25-18-16-10(6-22-17(16)23-9-24-18)7-26-4-3-14(21)15(27)8-26/h1-2,5-6,9,14-15,27H,3-4,7-8,21H2,(H2,22,23,24,25)/t14-,15-/m0/s1. The number of nitrogens with one attached hydrogen (secondary N) is 2. The number of aliphatic hydroxyl groups is 1. The van der Waals surface area contributed by atoms with Gasteiger partial charge in [-0.2, -0.15) is 0 Å². The van der Waals surface area contributed by atoms with Gasteiger partial charge in [-0.25, -0.2) is 14.4 Å². The number of benzene rings is 1. The maximum Gasteiger partial charge on any atom is 0.143 e. The Morgan fingerprint density at radius 1 is 1.41 bits per heavy atom. The third kappa shape index (κ3) is 3.74. The van der Waals surface area contributed by atoms with Gasteiger partial charge >= 0.3 is 0 Å². The Kier molecular flexibility index (Phi) is 4.96. The van der Waals surface area contributed by atoms with Gasteiger partial charge in [0, 0.05) is 37.6 Å². The van der Waals surface area contributed by atoms with E-state index in [-0.39, 0.29) is 11.1 Å². The molecule has 27 heavy (non-hydrogen) atoms. The van der Waals surface area contributed by atoms with Crippen LogP contribution in [0.3, 0.4) is 0 Å². The Morgan fingerprint density at radius 3 is 3.04 bits per heavy atom. The molecular formula is C18H20ClFN6O. The van der Waals surface area contributed by atoms with E-state index in [9.17, 15) is 9.50 Å². The Labute approximate surface area is 160 Å². The van der Waals surface area contributed by atoms with Gasteiger partial charge in [0.05, 0.1) is 16.5 Å². The van der Waals surface area contributed by atoms with Crippen molar-refractivity contribution in [2.45, 2.75) is 25.1 Å². The van der Waals surface area contributed by atoms with Crippen LogP contribution in [0.15, 0.2) is 30.7 Å². The van der Waals surface area contributed by atoms with Crippen molar-refractivity contribution in [3.05, 3.63) is 47.1 Å². The van der Waals surface area contributed by atoms with E-state index in [1.807, 2.05) is 6.20 Å². The maximum absolute atomic E-state index is 13.4. The second kappa shape index (κ2) is 7.40. The summed E-state index contributed by atoms with van der Waals surface area (Å²) in [6.07, 6.45) is 3.57. The van der Waals surface area contributed by atoms with Crippen LogP contribution in [0.1, 0.15) is 12.0 Å². The zero-order chi connectivity index (χ0) is 19.0. The Hall–Kier alpha value is -2.26. The number of H-pyrrole nitrogens is 1. The number of rotatable bonds is 4. The van der Waals surface area contributed by atoms with Gasteiger partial charge in [0.1, 0.15) is 23.6 Å². The van der Waals surface area contributed by atoms with E-state index in [1.165, 1.54) is 18.5 Å². The van der Waals surface area contributed by atoms with Gasteiger partial charge in [0.15, 0.2) is 0 Å². The first kappa shape index (κ1) is 18.1. The normalized spacial score (nSPS) is 20.9. The van der Waals surface area contributed by atoms with Gasteiger partial charge in [-0.15, -0.1) is 0 Å². The van der Waals surface area contributed by atoms with E-state index >= 15 is 0 Å².